The van der Waals surface area contributed by atoms with Crippen molar-refractivity contribution in [3.8, 4) is 80.1 Å². The summed E-state index contributed by atoms with van der Waals surface area (Å²) in [7, 11) is 3.68. The van der Waals surface area contributed by atoms with Crippen LogP contribution in [0.4, 0.5) is 0 Å². The second-order valence-electron chi connectivity index (χ2n) is 27.8. The first-order valence-electron chi connectivity index (χ1n) is 33.8. The number of halogens is 2. The molecule has 7 amide bonds. The Hall–Kier alpha value is -10.6. The zero-order valence-electron chi connectivity index (χ0n) is 55.5. The van der Waals surface area contributed by atoms with Crippen molar-refractivity contribution in [2.45, 2.75) is 106 Å². The molecule has 17 rings (SSSR count). The van der Waals surface area contributed by atoms with E-state index in [9.17, 15) is 45.3 Å². The van der Waals surface area contributed by atoms with Crippen LogP contribution in [0.2, 0.25) is 10.0 Å². The van der Waals surface area contributed by atoms with E-state index in [0.29, 0.717) is 42.2 Å². The van der Waals surface area contributed by atoms with Crippen molar-refractivity contribution < 1.29 is 83.5 Å². The third kappa shape index (κ3) is 13.9. The predicted octanol–water partition coefficient (Wildman–Crippen LogP) is 6.88. The number of hydrogen-bond acceptors (Lipinski definition) is 20. The second-order valence-corrected chi connectivity index (χ2v) is 28.6. The van der Waals surface area contributed by atoms with E-state index in [0.717, 1.165) is 56.0 Å². The maximum atomic E-state index is 16.2. The Morgan fingerprint density at radius 1 is 0.563 bits per heavy atom. The van der Waals surface area contributed by atoms with Crippen LogP contribution in [0, 0.1) is 23.7 Å². The number of nitrogens with two attached hydrogens (primary N) is 1. The number of rotatable bonds is 8. The monoisotopic (exact) mass is 1440 g/mol. The summed E-state index contributed by atoms with van der Waals surface area (Å²) in [5, 5.41) is 107. The van der Waals surface area contributed by atoms with Gasteiger partial charge in [0.05, 0.1) is 15.6 Å². The Labute approximate surface area is 599 Å². The van der Waals surface area contributed by atoms with Gasteiger partial charge in [-0.3, -0.25) is 33.6 Å². The van der Waals surface area contributed by atoms with Crippen molar-refractivity contribution in [1.29, 1.82) is 0 Å². The van der Waals surface area contributed by atoms with E-state index in [-0.39, 0.29) is 109 Å². The number of nitrogens with one attached hydrogen (secondary N) is 8. The SMILES string of the molecule is CN(C)CCCNC(=O)[C@H]1NC(=O)[C@H]2NC(=O)[C@H](NC(=O)[C@@H]3NC(=O)[C@H]4NC(=O)[C@@H](Cc5ccc(c(Cl)c5)Oc5cc3cc(c5O)Oc3ccc(cc3Cl)[C@H]2O)NC(=O)[C@@H](N)c2ccc(O)c(c2)Oc2cc(O)cc4c2)c2ccc(O)c(c2)-c2c1cc(O)c(CNC1C3CC4CC(C3)CC1C4)c2O. The van der Waals surface area contributed by atoms with Crippen molar-refractivity contribution in [2.75, 3.05) is 27.2 Å². The highest BCUT2D eigenvalue weighted by Crippen LogP contribution is 2.55. The fraction of sp³-hybridized carbons (Fsp3) is 0.338. The number of nitrogens with zero attached hydrogens (tertiary/aromatic N) is 1. The first-order valence-corrected chi connectivity index (χ1v) is 34.5. The van der Waals surface area contributed by atoms with Gasteiger partial charge in [0.2, 0.25) is 47.1 Å². The number of phenols is 6. The van der Waals surface area contributed by atoms with E-state index < -0.39 is 136 Å². The smallest absolute Gasteiger partial charge is 0.248 e. The molecule has 0 radical (unpaired) electrons. The molecule has 536 valence electrons. The van der Waals surface area contributed by atoms with E-state index in [1.54, 1.807) is 0 Å². The molecule has 6 aliphatic heterocycles. The van der Waals surface area contributed by atoms with Gasteiger partial charge in [0.15, 0.2) is 23.0 Å². The van der Waals surface area contributed by atoms with Crippen LogP contribution in [0.1, 0.15) is 119 Å². The number of ether oxygens (including phenoxy) is 3. The molecule has 4 fully saturated rings. The first kappa shape index (κ1) is 69.5. The summed E-state index contributed by atoms with van der Waals surface area (Å²) in [5.74, 6) is -11.1. The minimum Gasteiger partial charge on any atom is -0.508 e. The highest BCUT2D eigenvalue weighted by Gasteiger charge is 2.49. The third-order valence-electron chi connectivity index (χ3n) is 20.6. The fourth-order valence-electron chi connectivity index (χ4n) is 15.7. The van der Waals surface area contributed by atoms with Gasteiger partial charge in [-0.25, -0.2) is 0 Å². The maximum Gasteiger partial charge on any atom is 0.248 e. The quantitative estimate of drug-likeness (QED) is 0.0689. The van der Waals surface area contributed by atoms with Gasteiger partial charge in [-0.05, 0) is 201 Å². The highest BCUT2D eigenvalue weighted by atomic mass is 35.5. The van der Waals surface area contributed by atoms with Gasteiger partial charge in [-0.1, -0.05) is 47.5 Å². The number of phenolic OH excluding ortho intramolecular Hbond substituents is 6. The number of carbonyl (C=O) groups is 7. The van der Waals surface area contributed by atoms with E-state index in [2.05, 4.69) is 42.5 Å². The summed E-state index contributed by atoms with van der Waals surface area (Å²) in [6.45, 7) is 0.485. The van der Waals surface area contributed by atoms with Gasteiger partial charge in [-0.15, -0.1) is 0 Å². The van der Waals surface area contributed by atoms with Crippen LogP contribution in [0.5, 0.6) is 69.0 Å². The van der Waals surface area contributed by atoms with Crippen molar-refractivity contribution in [3.63, 3.8) is 0 Å². The summed E-state index contributed by atoms with van der Waals surface area (Å²) in [6, 6.07) is 9.06. The van der Waals surface area contributed by atoms with Crippen molar-refractivity contribution in [2.24, 2.45) is 29.4 Å². The summed E-state index contributed by atoms with van der Waals surface area (Å²) < 4.78 is 18.7. The number of amides is 7. The molecule has 0 saturated heterocycles. The van der Waals surface area contributed by atoms with Gasteiger partial charge in [-0.2, -0.15) is 0 Å². The lowest BCUT2D eigenvalue weighted by Crippen LogP contribution is -2.56. The number of fused-ring (bicyclic) bond motifs is 14. The molecule has 103 heavy (non-hydrogen) atoms. The van der Waals surface area contributed by atoms with Gasteiger partial charge >= 0.3 is 0 Å². The van der Waals surface area contributed by atoms with E-state index in [1.807, 2.05) is 19.0 Å². The first-order chi connectivity index (χ1) is 49.3. The van der Waals surface area contributed by atoms with Crippen molar-refractivity contribution in [3.05, 3.63) is 164 Å². The van der Waals surface area contributed by atoms with E-state index >= 15 is 24.0 Å². The molecular weight excluding hydrogens is 1370 g/mol. The number of carbonyl (C=O) groups excluding carboxylic acids is 7. The Kier molecular flexibility index (Phi) is 18.9. The molecule has 7 aromatic carbocycles. The fourth-order valence-corrected chi connectivity index (χ4v) is 16.1. The standard InChI is InChI=1S/C74H74Cl2N10O17/c1-86(2)13-3-12-78-70(96)63-44-29-51(90)45(30-79-59-37-15-32-14-33(17-37)18-38(59)16-32)66(92)57(44)43-23-35(6-8-49(43)88)60-71(97)85-64(74(100)84-63)65(91)36-7-11-53(47(76)24-36)103-56-27-40-26-55(67(56)93)102-52-10-4-31(19-46(52)75)20-48-68(94)81-61(72(98)83-62(40)73(99)82-60)39-21-41(87)28-42(22-39)101-54-25-34(5-9-50(54)89)58(77)69(95)80-48/h4-11,19,21-29,32-33,37-38,48,58-65,79,87-93H,3,12-18,20,30,77H2,1-2H3,(H,78,96)(H,80,95)(H,81,94)(H,82,99)(H,83,98)(H,84,100)(H,85,97)/t32?,33?,37?,38?,48-,58+,59?,60-,61+,62-,63+,64+,65-/m1/s1. The van der Waals surface area contributed by atoms with Crippen LogP contribution < -0.4 is 62.5 Å². The normalized spacial score (nSPS) is 25.6. The molecular formula is C74H74Cl2N10O17. The van der Waals surface area contributed by atoms with Crippen LogP contribution in [0.15, 0.2) is 109 Å². The van der Waals surface area contributed by atoms with Crippen molar-refractivity contribution >= 4 is 64.6 Å². The molecule has 0 unspecified atom stereocenters. The molecule has 0 spiro atoms. The molecule has 27 nitrogen and oxygen atoms in total. The molecule has 10 aliphatic rings. The molecule has 0 aromatic heterocycles. The molecule has 6 heterocycles. The summed E-state index contributed by atoms with van der Waals surface area (Å²) >= 11 is 14.0. The Bertz CT molecular complexity index is 4630. The molecule has 7 aromatic rings. The average molecular weight is 1450 g/mol. The number of aliphatic hydroxyl groups is 1. The Morgan fingerprint density at radius 3 is 1.83 bits per heavy atom. The van der Waals surface area contributed by atoms with Crippen LogP contribution in [0.3, 0.4) is 0 Å². The minimum atomic E-state index is -2.16. The molecule has 4 aliphatic carbocycles. The lowest BCUT2D eigenvalue weighted by atomic mass is 9.54. The van der Waals surface area contributed by atoms with Gasteiger partial charge in [0.1, 0.15) is 88.6 Å². The van der Waals surface area contributed by atoms with Crippen molar-refractivity contribution in [1.82, 2.24) is 47.4 Å². The highest BCUT2D eigenvalue weighted by molar-refractivity contribution is 6.32. The van der Waals surface area contributed by atoms with Crippen LogP contribution >= 0.6 is 23.2 Å². The number of aromatic hydroxyl groups is 6. The largest absolute Gasteiger partial charge is 0.508 e. The molecule has 21 bridgehead atoms. The van der Waals surface area contributed by atoms with Crippen LogP contribution in [-0.4, -0.2) is 127 Å². The molecule has 4 saturated carbocycles. The molecule has 29 heteroatoms. The number of aliphatic hydroxyl groups excluding tert-OH is 1. The predicted molar refractivity (Wildman–Crippen MR) is 371 cm³/mol. The second kappa shape index (κ2) is 28.0. The van der Waals surface area contributed by atoms with Gasteiger partial charge in [0, 0.05) is 42.7 Å². The summed E-state index contributed by atoms with van der Waals surface area (Å²) in [4.78, 5) is 110. The topological polar surface area (TPSA) is 414 Å². The van der Waals surface area contributed by atoms with Gasteiger partial charge < -0.3 is 103 Å². The third-order valence-corrected chi connectivity index (χ3v) is 21.2. The van der Waals surface area contributed by atoms with Crippen LogP contribution in [-0.2, 0) is 46.5 Å². The lowest BCUT2D eigenvalue weighted by Gasteiger charge is -2.54. The molecule has 17 N–H and O–H groups in total. The number of hydrogen-bond donors (Lipinski definition) is 16. The van der Waals surface area contributed by atoms with E-state index in [1.165, 1.54) is 85.3 Å². The van der Waals surface area contributed by atoms with E-state index in [4.69, 9.17) is 43.1 Å². The zero-order chi connectivity index (χ0) is 72.6. The van der Waals surface area contributed by atoms with Crippen LogP contribution in [0.25, 0.3) is 11.1 Å². The van der Waals surface area contributed by atoms with Gasteiger partial charge in [0.25, 0.3) is 0 Å². The Balaban J connectivity index is 0.947. The average Bonchev–Trinajstić information content (AvgIpc) is 0.762. The lowest BCUT2D eigenvalue weighted by molar-refractivity contribution is -0.137. The minimum absolute atomic E-state index is 0.0361. The summed E-state index contributed by atoms with van der Waals surface area (Å²) in [5.41, 5.74) is 5.25. The number of benzene rings is 7. The Morgan fingerprint density at radius 2 is 1.17 bits per heavy atom. The summed E-state index contributed by atoms with van der Waals surface area (Å²) in [6.07, 6.45) is 3.33. The maximum absolute atomic E-state index is 16.2. The zero-order valence-corrected chi connectivity index (χ0v) is 57.0. The molecule has 8 atom stereocenters.